The van der Waals surface area contributed by atoms with Gasteiger partial charge in [-0.05, 0) is 56.0 Å². The Bertz CT molecular complexity index is 1130. The average molecular weight is 421 g/mol. The van der Waals surface area contributed by atoms with E-state index in [1.54, 1.807) is 11.3 Å². The number of nitrogens with two attached hydrogens (primary N) is 1. The second-order valence-electron chi connectivity index (χ2n) is 7.08. The smallest absolute Gasteiger partial charge is 0.211 e. The number of hydrogen-bond donors (Lipinski definition) is 1. The predicted octanol–water partition coefficient (Wildman–Crippen LogP) is 5.94. The Morgan fingerprint density at radius 3 is 2.48 bits per heavy atom. The van der Waals surface area contributed by atoms with Crippen LogP contribution in [0.2, 0.25) is 0 Å². The monoisotopic (exact) mass is 420 g/mol. The van der Waals surface area contributed by atoms with Crippen molar-refractivity contribution in [1.29, 1.82) is 0 Å². The molecule has 1 aliphatic rings. The van der Waals surface area contributed by atoms with Crippen LogP contribution in [-0.4, -0.2) is 14.8 Å². The maximum Gasteiger partial charge on any atom is 0.211 e. The molecule has 2 N–H and O–H groups in total. The molecular formula is C22H20N4OS2. The van der Waals surface area contributed by atoms with Gasteiger partial charge in [-0.3, -0.25) is 5.14 Å². The fourth-order valence-corrected chi connectivity index (χ4v) is 4.33. The molecule has 5 nitrogen and oxygen atoms in total. The standard InChI is InChI=1S/C22H20N4OS2/c1-14-13-28-22(24-14)26-20(16-5-3-2-4-6-16)21(19(25-26)15-7-8-15)27-17-9-11-18(29-23)12-10-17/h2-6,9-13,15H,7-8,23H2,1H3. The van der Waals surface area contributed by atoms with Crippen LogP contribution in [0.1, 0.15) is 30.1 Å². The first-order valence-corrected chi connectivity index (χ1v) is 11.2. The summed E-state index contributed by atoms with van der Waals surface area (Å²) in [7, 11) is 0. The lowest BCUT2D eigenvalue weighted by atomic mass is 10.1. The molecule has 1 aliphatic carbocycles. The molecule has 0 spiro atoms. The molecule has 4 aromatic rings. The van der Waals surface area contributed by atoms with Gasteiger partial charge in [-0.25, -0.2) is 9.67 Å². The van der Waals surface area contributed by atoms with Crippen molar-refractivity contribution in [1.82, 2.24) is 14.8 Å². The Labute approximate surface area is 177 Å². The number of thiazole rings is 1. The Kier molecular flexibility index (Phi) is 4.87. The Morgan fingerprint density at radius 1 is 1.10 bits per heavy atom. The van der Waals surface area contributed by atoms with Gasteiger partial charge in [0.2, 0.25) is 5.13 Å². The van der Waals surface area contributed by atoms with Crippen LogP contribution >= 0.6 is 23.3 Å². The Morgan fingerprint density at radius 2 is 1.86 bits per heavy atom. The molecular weight excluding hydrogens is 400 g/mol. The summed E-state index contributed by atoms with van der Waals surface area (Å²) in [5, 5.41) is 13.5. The van der Waals surface area contributed by atoms with E-state index in [1.165, 1.54) is 11.9 Å². The van der Waals surface area contributed by atoms with Crippen LogP contribution in [0.4, 0.5) is 0 Å². The number of aromatic nitrogens is 3. The third-order valence-corrected chi connectivity index (χ3v) is 6.32. The van der Waals surface area contributed by atoms with Gasteiger partial charge in [0.1, 0.15) is 17.1 Å². The van der Waals surface area contributed by atoms with Crippen molar-refractivity contribution < 1.29 is 4.74 Å². The van der Waals surface area contributed by atoms with Gasteiger partial charge in [-0.1, -0.05) is 30.3 Å². The first-order valence-electron chi connectivity index (χ1n) is 9.48. The van der Waals surface area contributed by atoms with Crippen LogP contribution in [0.5, 0.6) is 11.5 Å². The van der Waals surface area contributed by atoms with Gasteiger partial charge >= 0.3 is 0 Å². The molecule has 146 valence electrons. The summed E-state index contributed by atoms with van der Waals surface area (Å²) in [6, 6.07) is 18.1. The number of nitrogens with zero attached hydrogens (tertiary/aromatic N) is 3. The fraction of sp³-hybridized carbons (Fsp3) is 0.182. The topological polar surface area (TPSA) is 66.0 Å². The SMILES string of the molecule is Cc1csc(-n2nc(C3CC3)c(Oc3ccc(SN)cc3)c2-c2ccccc2)n1. The van der Waals surface area contributed by atoms with Gasteiger partial charge in [0.25, 0.3) is 0 Å². The summed E-state index contributed by atoms with van der Waals surface area (Å²) in [4.78, 5) is 5.68. The minimum absolute atomic E-state index is 0.439. The van der Waals surface area contributed by atoms with Gasteiger partial charge in [0, 0.05) is 21.8 Å². The van der Waals surface area contributed by atoms with E-state index in [1.807, 2.05) is 59.5 Å². The molecule has 29 heavy (non-hydrogen) atoms. The minimum Gasteiger partial charge on any atom is -0.453 e. The normalized spacial score (nSPS) is 13.6. The summed E-state index contributed by atoms with van der Waals surface area (Å²) in [6.07, 6.45) is 2.28. The second-order valence-corrected chi connectivity index (χ2v) is 8.62. The second kappa shape index (κ2) is 7.67. The lowest BCUT2D eigenvalue weighted by Crippen LogP contribution is -1.99. The fourth-order valence-electron chi connectivity index (χ4n) is 3.28. The molecule has 2 heterocycles. The van der Waals surface area contributed by atoms with E-state index in [2.05, 4.69) is 17.1 Å². The van der Waals surface area contributed by atoms with Crippen LogP contribution in [0, 0.1) is 6.92 Å². The minimum atomic E-state index is 0.439. The molecule has 0 atom stereocenters. The zero-order chi connectivity index (χ0) is 19.8. The average Bonchev–Trinajstić information content (AvgIpc) is 3.41. The molecule has 0 unspecified atom stereocenters. The lowest BCUT2D eigenvalue weighted by molar-refractivity contribution is 0.477. The van der Waals surface area contributed by atoms with Crippen molar-refractivity contribution in [3.63, 3.8) is 0 Å². The van der Waals surface area contributed by atoms with Crippen molar-refractivity contribution in [2.24, 2.45) is 5.14 Å². The van der Waals surface area contributed by atoms with Crippen molar-refractivity contribution >= 4 is 23.3 Å². The molecule has 7 heteroatoms. The van der Waals surface area contributed by atoms with E-state index in [4.69, 9.17) is 15.0 Å². The van der Waals surface area contributed by atoms with Gasteiger partial charge in [0.05, 0.1) is 5.69 Å². The third-order valence-electron chi connectivity index (χ3n) is 4.85. The van der Waals surface area contributed by atoms with Crippen LogP contribution in [0.15, 0.2) is 64.9 Å². The zero-order valence-electron chi connectivity index (χ0n) is 15.9. The predicted molar refractivity (Wildman–Crippen MR) is 118 cm³/mol. The summed E-state index contributed by atoms with van der Waals surface area (Å²) in [6.45, 7) is 2.00. The molecule has 0 amide bonds. The Balaban J connectivity index is 1.67. The van der Waals surface area contributed by atoms with E-state index >= 15 is 0 Å². The van der Waals surface area contributed by atoms with Gasteiger partial charge in [-0.2, -0.15) is 5.10 Å². The van der Waals surface area contributed by atoms with Crippen LogP contribution in [0.25, 0.3) is 16.4 Å². The van der Waals surface area contributed by atoms with E-state index in [0.29, 0.717) is 5.92 Å². The highest BCUT2D eigenvalue weighted by Crippen LogP contribution is 2.49. The number of aryl methyl sites for hydroxylation is 1. The van der Waals surface area contributed by atoms with Crippen molar-refractivity contribution in [3.05, 3.63) is 71.4 Å². The van der Waals surface area contributed by atoms with Crippen LogP contribution in [0.3, 0.4) is 0 Å². The molecule has 2 aromatic carbocycles. The van der Waals surface area contributed by atoms with E-state index in [0.717, 1.165) is 57.0 Å². The number of ether oxygens (including phenoxy) is 1. The largest absolute Gasteiger partial charge is 0.453 e. The van der Waals surface area contributed by atoms with Crippen LogP contribution < -0.4 is 9.88 Å². The maximum atomic E-state index is 6.45. The number of hydrogen-bond acceptors (Lipinski definition) is 6. The first-order chi connectivity index (χ1) is 14.2. The van der Waals surface area contributed by atoms with E-state index in [9.17, 15) is 0 Å². The Hall–Kier alpha value is -2.61. The quantitative estimate of drug-likeness (QED) is 0.391. The summed E-state index contributed by atoms with van der Waals surface area (Å²) in [5.74, 6) is 2.03. The highest BCUT2D eigenvalue weighted by atomic mass is 32.2. The molecule has 0 saturated heterocycles. The molecule has 0 radical (unpaired) electrons. The lowest BCUT2D eigenvalue weighted by Gasteiger charge is -2.10. The summed E-state index contributed by atoms with van der Waals surface area (Å²) >= 11 is 2.82. The highest BCUT2D eigenvalue weighted by molar-refractivity contribution is 7.97. The van der Waals surface area contributed by atoms with Gasteiger partial charge in [-0.15, -0.1) is 11.3 Å². The zero-order valence-corrected chi connectivity index (χ0v) is 17.5. The summed E-state index contributed by atoms with van der Waals surface area (Å²) < 4.78 is 8.39. The van der Waals surface area contributed by atoms with Crippen molar-refractivity contribution in [2.75, 3.05) is 0 Å². The molecule has 1 saturated carbocycles. The first kappa shape index (κ1) is 18.4. The van der Waals surface area contributed by atoms with Gasteiger partial charge < -0.3 is 4.74 Å². The van der Waals surface area contributed by atoms with Crippen molar-refractivity contribution in [3.8, 4) is 27.9 Å². The number of rotatable bonds is 6. The van der Waals surface area contributed by atoms with Crippen LogP contribution in [-0.2, 0) is 0 Å². The van der Waals surface area contributed by atoms with E-state index < -0.39 is 0 Å². The molecule has 5 rings (SSSR count). The molecule has 0 aliphatic heterocycles. The van der Waals surface area contributed by atoms with Gasteiger partial charge in [0.15, 0.2) is 5.75 Å². The molecule has 2 aromatic heterocycles. The highest BCUT2D eigenvalue weighted by Gasteiger charge is 2.34. The summed E-state index contributed by atoms with van der Waals surface area (Å²) in [5.41, 5.74) is 4.00. The van der Waals surface area contributed by atoms with E-state index in [-0.39, 0.29) is 0 Å². The number of benzene rings is 2. The maximum absolute atomic E-state index is 6.45. The molecule has 1 fully saturated rings. The van der Waals surface area contributed by atoms with Crippen molar-refractivity contribution in [2.45, 2.75) is 30.6 Å². The third kappa shape index (κ3) is 3.69. The molecule has 0 bridgehead atoms.